The van der Waals surface area contributed by atoms with Crippen LogP contribution in [0.5, 0.6) is 5.75 Å². The number of carbonyl (C=O) groups excluding carboxylic acids is 1. The average Bonchev–Trinajstić information content (AvgIpc) is 2.76. The minimum Gasteiger partial charge on any atom is -0.490 e. The van der Waals surface area contributed by atoms with Crippen LogP contribution in [0.1, 0.15) is 23.2 Å². The van der Waals surface area contributed by atoms with Crippen molar-refractivity contribution in [1.29, 1.82) is 0 Å². The molecule has 1 fully saturated rings. The van der Waals surface area contributed by atoms with Gasteiger partial charge in [0.2, 0.25) is 0 Å². The highest BCUT2D eigenvalue weighted by Crippen LogP contribution is 2.22. The predicted octanol–water partition coefficient (Wildman–Crippen LogP) is 5.09. The summed E-state index contributed by atoms with van der Waals surface area (Å²) < 4.78 is 6.00. The molecule has 1 saturated heterocycles. The molecule has 3 aromatic rings. The molecule has 0 saturated carbocycles. The Morgan fingerprint density at radius 1 is 0.964 bits per heavy atom. The summed E-state index contributed by atoms with van der Waals surface area (Å²) in [7, 11) is 0. The molecule has 4 rings (SSSR count). The molecular weight excluding hydrogens is 372 g/mol. The van der Waals surface area contributed by atoms with E-state index in [4.69, 9.17) is 16.3 Å². The largest absolute Gasteiger partial charge is 0.490 e. The first-order chi connectivity index (χ1) is 13.7. The topological polar surface area (TPSA) is 42.4 Å². The number of carbonyl (C=O) groups is 1. The molecule has 0 unspecified atom stereocenters. The van der Waals surface area contributed by atoms with E-state index in [9.17, 15) is 4.79 Å². The maximum Gasteiger partial charge on any atom is 0.255 e. The molecule has 28 heavy (non-hydrogen) atoms. The summed E-state index contributed by atoms with van der Waals surface area (Å²) in [6.45, 7) is 1.36. The summed E-state index contributed by atoms with van der Waals surface area (Å²) in [4.78, 5) is 19.1. The Morgan fingerprint density at radius 2 is 1.68 bits per heavy atom. The standard InChI is InChI=1S/C23H21ClN2O2/c24-19-7-9-20(10-8-19)28-21-12-14-26(15-13-21)23(27)18-6-11-22(25-16-18)17-4-2-1-3-5-17/h1-11,16,21H,12-15H2. The molecule has 0 aliphatic carbocycles. The molecule has 4 nitrogen and oxygen atoms in total. The number of hydrogen-bond acceptors (Lipinski definition) is 3. The molecule has 0 bridgehead atoms. The molecule has 5 heteroatoms. The first-order valence-corrected chi connectivity index (χ1v) is 9.80. The Labute approximate surface area is 169 Å². The fourth-order valence-electron chi connectivity index (χ4n) is 3.36. The van der Waals surface area contributed by atoms with E-state index in [2.05, 4.69) is 4.98 Å². The van der Waals surface area contributed by atoms with Crippen molar-refractivity contribution in [2.24, 2.45) is 0 Å². The fourth-order valence-corrected chi connectivity index (χ4v) is 3.49. The van der Waals surface area contributed by atoms with Gasteiger partial charge in [0.25, 0.3) is 5.91 Å². The lowest BCUT2D eigenvalue weighted by atomic mass is 10.1. The summed E-state index contributed by atoms with van der Waals surface area (Å²) >= 11 is 5.91. The van der Waals surface area contributed by atoms with Gasteiger partial charge in [0, 0.05) is 42.7 Å². The lowest BCUT2D eigenvalue weighted by Gasteiger charge is -2.32. The van der Waals surface area contributed by atoms with Gasteiger partial charge in [-0.05, 0) is 36.4 Å². The zero-order valence-electron chi connectivity index (χ0n) is 15.4. The highest BCUT2D eigenvalue weighted by atomic mass is 35.5. The van der Waals surface area contributed by atoms with Gasteiger partial charge in [-0.15, -0.1) is 0 Å². The first kappa shape index (κ1) is 18.5. The van der Waals surface area contributed by atoms with Crippen molar-refractivity contribution in [2.75, 3.05) is 13.1 Å². The zero-order chi connectivity index (χ0) is 19.3. The van der Waals surface area contributed by atoms with E-state index < -0.39 is 0 Å². The number of piperidine rings is 1. The molecule has 0 N–H and O–H groups in total. The molecule has 1 aliphatic rings. The number of nitrogens with zero attached hydrogens (tertiary/aromatic N) is 2. The van der Waals surface area contributed by atoms with Gasteiger partial charge in [0.1, 0.15) is 11.9 Å². The fraction of sp³-hybridized carbons (Fsp3) is 0.217. The van der Waals surface area contributed by atoms with Crippen molar-refractivity contribution >= 4 is 17.5 Å². The van der Waals surface area contributed by atoms with Gasteiger partial charge in [-0.1, -0.05) is 41.9 Å². The summed E-state index contributed by atoms with van der Waals surface area (Å²) in [5.41, 5.74) is 2.53. The minimum atomic E-state index is 0.0251. The Hall–Kier alpha value is -2.85. The number of ether oxygens (including phenoxy) is 1. The van der Waals surface area contributed by atoms with Gasteiger partial charge >= 0.3 is 0 Å². The average molecular weight is 393 g/mol. The van der Waals surface area contributed by atoms with Gasteiger partial charge in [-0.25, -0.2) is 0 Å². The number of rotatable bonds is 4. The molecular formula is C23H21ClN2O2. The predicted molar refractivity (Wildman–Crippen MR) is 111 cm³/mol. The van der Waals surface area contributed by atoms with Crippen molar-refractivity contribution in [2.45, 2.75) is 18.9 Å². The maximum absolute atomic E-state index is 12.8. The second-order valence-electron chi connectivity index (χ2n) is 6.86. The van der Waals surface area contributed by atoms with E-state index in [0.29, 0.717) is 23.7 Å². The SMILES string of the molecule is O=C(c1ccc(-c2ccccc2)nc1)N1CCC(Oc2ccc(Cl)cc2)CC1. The third-order valence-electron chi connectivity index (χ3n) is 4.93. The van der Waals surface area contributed by atoms with Crippen LogP contribution in [0.3, 0.4) is 0 Å². The Morgan fingerprint density at radius 3 is 2.32 bits per heavy atom. The van der Waals surface area contributed by atoms with Gasteiger partial charge in [-0.3, -0.25) is 9.78 Å². The number of amides is 1. The van der Waals surface area contributed by atoms with Gasteiger partial charge in [0.15, 0.2) is 0 Å². The highest BCUT2D eigenvalue weighted by molar-refractivity contribution is 6.30. The van der Waals surface area contributed by atoms with E-state index in [1.54, 1.807) is 6.20 Å². The van der Waals surface area contributed by atoms with Crippen LogP contribution in [0.4, 0.5) is 0 Å². The molecule has 1 aromatic heterocycles. The summed E-state index contributed by atoms with van der Waals surface area (Å²) in [5.74, 6) is 0.840. The number of hydrogen-bond donors (Lipinski definition) is 0. The molecule has 1 amide bonds. The van der Waals surface area contributed by atoms with Crippen LogP contribution in [0.25, 0.3) is 11.3 Å². The van der Waals surface area contributed by atoms with Crippen LogP contribution < -0.4 is 4.74 Å². The highest BCUT2D eigenvalue weighted by Gasteiger charge is 2.25. The second kappa shape index (κ2) is 8.44. The zero-order valence-corrected chi connectivity index (χ0v) is 16.2. The van der Waals surface area contributed by atoms with Crippen molar-refractivity contribution in [3.05, 3.63) is 83.5 Å². The molecule has 1 aliphatic heterocycles. The summed E-state index contributed by atoms with van der Waals surface area (Å²) in [6.07, 6.45) is 3.40. The minimum absolute atomic E-state index is 0.0251. The molecule has 0 spiro atoms. The van der Waals surface area contributed by atoms with E-state index in [1.165, 1.54) is 0 Å². The molecule has 2 aromatic carbocycles. The number of benzene rings is 2. The van der Waals surface area contributed by atoms with Gasteiger partial charge in [-0.2, -0.15) is 0 Å². The molecule has 0 atom stereocenters. The number of halogens is 1. The molecule has 2 heterocycles. The van der Waals surface area contributed by atoms with Crippen molar-refractivity contribution in [3.8, 4) is 17.0 Å². The van der Waals surface area contributed by atoms with E-state index >= 15 is 0 Å². The smallest absolute Gasteiger partial charge is 0.255 e. The Bertz CT molecular complexity index is 919. The number of aromatic nitrogens is 1. The van der Waals surface area contributed by atoms with Crippen molar-refractivity contribution in [1.82, 2.24) is 9.88 Å². The van der Waals surface area contributed by atoms with Crippen LogP contribution >= 0.6 is 11.6 Å². The number of pyridine rings is 1. The van der Waals surface area contributed by atoms with Gasteiger partial charge < -0.3 is 9.64 Å². The lowest BCUT2D eigenvalue weighted by Crippen LogP contribution is -2.41. The van der Waals surface area contributed by atoms with Crippen LogP contribution in [-0.2, 0) is 0 Å². The normalized spacial score (nSPS) is 14.7. The summed E-state index contributed by atoms with van der Waals surface area (Å²) in [6, 6.07) is 21.1. The molecule has 0 radical (unpaired) electrons. The second-order valence-corrected chi connectivity index (χ2v) is 7.30. The summed E-state index contributed by atoms with van der Waals surface area (Å²) in [5, 5.41) is 0.694. The van der Waals surface area contributed by atoms with Crippen LogP contribution in [0, 0.1) is 0 Å². The quantitative estimate of drug-likeness (QED) is 0.621. The van der Waals surface area contributed by atoms with Crippen molar-refractivity contribution in [3.63, 3.8) is 0 Å². The first-order valence-electron chi connectivity index (χ1n) is 9.42. The van der Waals surface area contributed by atoms with E-state index in [0.717, 1.165) is 29.8 Å². The van der Waals surface area contributed by atoms with E-state index in [1.807, 2.05) is 71.6 Å². The third kappa shape index (κ3) is 4.34. The number of likely N-dealkylation sites (tertiary alicyclic amines) is 1. The van der Waals surface area contributed by atoms with Crippen LogP contribution in [0.2, 0.25) is 5.02 Å². The third-order valence-corrected chi connectivity index (χ3v) is 5.18. The van der Waals surface area contributed by atoms with Crippen molar-refractivity contribution < 1.29 is 9.53 Å². The van der Waals surface area contributed by atoms with E-state index in [-0.39, 0.29) is 12.0 Å². The molecule has 142 valence electrons. The Kier molecular flexibility index (Phi) is 5.58. The lowest BCUT2D eigenvalue weighted by molar-refractivity contribution is 0.0595. The Balaban J connectivity index is 1.34. The monoisotopic (exact) mass is 392 g/mol. The maximum atomic E-state index is 12.8. The van der Waals surface area contributed by atoms with Crippen LogP contribution in [0.15, 0.2) is 72.9 Å². The van der Waals surface area contributed by atoms with Gasteiger partial charge in [0.05, 0.1) is 11.3 Å². The van der Waals surface area contributed by atoms with Crippen LogP contribution in [-0.4, -0.2) is 35.0 Å².